The van der Waals surface area contributed by atoms with Gasteiger partial charge < -0.3 is 10.2 Å². The first-order valence-corrected chi connectivity index (χ1v) is 7.44. The molecule has 0 bridgehead atoms. The molecule has 3 rings (SSSR count). The first-order chi connectivity index (χ1) is 10.6. The van der Waals surface area contributed by atoms with Crippen LogP contribution in [0.2, 0.25) is 5.02 Å². The van der Waals surface area contributed by atoms with E-state index in [4.69, 9.17) is 11.6 Å². The maximum atomic E-state index is 12.3. The number of benzene rings is 2. The summed E-state index contributed by atoms with van der Waals surface area (Å²) in [4.78, 5) is 25.9. The molecular formula is C17H15ClN2O2. The summed E-state index contributed by atoms with van der Waals surface area (Å²) in [6.45, 7) is 1.02. The first kappa shape index (κ1) is 14.6. The molecule has 1 aliphatic rings. The van der Waals surface area contributed by atoms with E-state index in [0.29, 0.717) is 23.8 Å². The van der Waals surface area contributed by atoms with Gasteiger partial charge in [0.1, 0.15) is 0 Å². The van der Waals surface area contributed by atoms with Crippen LogP contribution in [0.15, 0.2) is 48.5 Å². The molecule has 0 radical (unpaired) electrons. The Morgan fingerprint density at radius 3 is 2.59 bits per heavy atom. The van der Waals surface area contributed by atoms with E-state index in [9.17, 15) is 9.59 Å². The van der Waals surface area contributed by atoms with Gasteiger partial charge in [-0.05, 0) is 35.7 Å². The van der Waals surface area contributed by atoms with E-state index >= 15 is 0 Å². The van der Waals surface area contributed by atoms with Crippen LogP contribution >= 0.6 is 11.6 Å². The highest BCUT2D eigenvalue weighted by atomic mass is 35.5. The maximum Gasteiger partial charge on any atom is 0.313 e. The quantitative estimate of drug-likeness (QED) is 0.823. The van der Waals surface area contributed by atoms with Crippen LogP contribution in [0.1, 0.15) is 11.1 Å². The summed E-state index contributed by atoms with van der Waals surface area (Å²) >= 11 is 5.87. The summed E-state index contributed by atoms with van der Waals surface area (Å²) < 4.78 is 0. The van der Waals surface area contributed by atoms with Crippen molar-refractivity contribution in [2.45, 2.75) is 13.0 Å². The Bertz CT molecular complexity index is 730. The van der Waals surface area contributed by atoms with Crippen molar-refractivity contribution in [2.24, 2.45) is 0 Å². The summed E-state index contributed by atoms with van der Waals surface area (Å²) in [6, 6.07) is 14.7. The van der Waals surface area contributed by atoms with Crippen molar-refractivity contribution in [3.05, 3.63) is 64.7 Å². The van der Waals surface area contributed by atoms with E-state index in [2.05, 4.69) is 11.4 Å². The van der Waals surface area contributed by atoms with E-state index in [0.717, 1.165) is 12.0 Å². The summed E-state index contributed by atoms with van der Waals surface area (Å²) in [5.74, 6) is -1.16. The molecular weight excluding hydrogens is 300 g/mol. The normalized spacial score (nSPS) is 13.4. The molecule has 0 unspecified atom stereocenters. The molecule has 0 aromatic heterocycles. The van der Waals surface area contributed by atoms with Crippen LogP contribution in [0.4, 0.5) is 5.69 Å². The second-order valence-corrected chi connectivity index (χ2v) is 5.65. The lowest BCUT2D eigenvalue weighted by atomic mass is 10.00. The van der Waals surface area contributed by atoms with Gasteiger partial charge >= 0.3 is 11.8 Å². The monoisotopic (exact) mass is 314 g/mol. The lowest BCUT2D eigenvalue weighted by Crippen LogP contribution is -2.42. The zero-order valence-electron chi connectivity index (χ0n) is 11.9. The summed E-state index contributed by atoms with van der Waals surface area (Å²) in [7, 11) is 0. The average molecular weight is 315 g/mol. The summed E-state index contributed by atoms with van der Waals surface area (Å²) in [6.07, 6.45) is 0.770. The lowest BCUT2D eigenvalue weighted by Gasteiger charge is -2.28. The third kappa shape index (κ3) is 3.12. The molecule has 112 valence electrons. The van der Waals surface area contributed by atoms with Crippen LogP contribution in [0.25, 0.3) is 0 Å². The molecule has 0 atom stereocenters. The molecule has 2 aromatic rings. The molecule has 4 nitrogen and oxygen atoms in total. The number of halogens is 1. The van der Waals surface area contributed by atoms with Crippen LogP contribution in [0.3, 0.4) is 0 Å². The number of nitrogens with one attached hydrogen (secondary N) is 1. The van der Waals surface area contributed by atoms with E-state index in [1.54, 1.807) is 29.2 Å². The van der Waals surface area contributed by atoms with Gasteiger partial charge in [0.25, 0.3) is 0 Å². The number of rotatable bonds is 1. The molecule has 0 fully saturated rings. The Hall–Kier alpha value is -2.33. The minimum atomic E-state index is -0.637. The second kappa shape index (κ2) is 6.20. The minimum absolute atomic E-state index is 0.470. The predicted molar refractivity (Wildman–Crippen MR) is 85.6 cm³/mol. The van der Waals surface area contributed by atoms with Crippen LogP contribution in [0, 0.1) is 0 Å². The molecule has 2 aromatic carbocycles. The third-order valence-electron chi connectivity index (χ3n) is 3.69. The molecule has 1 heterocycles. The van der Waals surface area contributed by atoms with Crippen LogP contribution in [-0.2, 0) is 22.6 Å². The smallest absolute Gasteiger partial charge is 0.313 e. The van der Waals surface area contributed by atoms with Gasteiger partial charge in [-0.15, -0.1) is 0 Å². The standard InChI is InChI=1S/C17H15ClN2O2/c18-14-6-3-7-15(10-14)19-16(21)17(22)20-9-8-12-4-1-2-5-13(12)11-20/h1-7,10H,8-9,11H2,(H,19,21). The molecule has 0 saturated carbocycles. The van der Waals surface area contributed by atoms with Crippen molar-refractivity contribution in [2.75, 3.05) is 11.9 Å². The van der Waals surface area contributed by atoms with Crippen molar-refractivity contribution in [1.29, 1.82) is 0 Å². The van der Waals surface area contributed by atoms with E-state index in [-0.39, 0.29) is 0 Å². The van der Waals surface area contributed by atoms with Gasteiger partial charge in [-0.3, -0.25) is 9.59 Å². The third-order valence-corrected chi connectivity index (χ3v) is 3.93. The number of carbonyl (C=O) groups excluding carboxylic acids is 2. The molecule has 1 N–H and O–H groups in total. The zero-order valence-corrected chi connectivity index (χ0v) is 12.6. The fourth-order valence-corrected chi connectivity index (χ4v) is 2.75. The van der Waals surface area contributed by atoms with Gasteiger partial charge in [0.05, 0.1) is 0 Å². The molecule has 0 aliphatic carbocycles. The van der Waals surface area contributed by atoms with Gasteiger partial charge in [-0.2, -0.15) is 0 Å². The van der Waals surface area contributed by atoms with Gasteiger partial charge in [0.15, 0.2) is 0 Å². The fraction of sp³-hybridized carbons (Fsp3) is 0.176. The lowest BCUT2D eigenvalue weighted by molar-refractivity contribution is -0.143. The number of amides is 2. The number of fused-ring (bicyclic) bond motifs is 1. The van der Waals surface area contributed by atoms with E-state index in [1.165, 1.54) is 5.56 Å². The Labute approximate surface area is 133 Å². The van der Waals surface area contributed by atoms with Crippen molar-refractivity contribution in [3.8, 4) is 0 Å². The topological polar surface area (TPSA) is 49.4 Å². The van der Waals surface area contributed by atoms with Crippen molar-refractivity contribution in [3.63, 3.8) is 0 Å². The number of carbonyl (C=O) groups is 2. The highest BCUT2D eigenvalue weighted by molar-refractivity contribution is 6.39. The van der Waals surface area contributed by atoms with Gasteiger partial charge in [-0.25, -0.2) is 0 Å². The largest absolute Gasteiger partial charge is 0.330 e. The fourth-order valence-electron chi connectivity index (χ4n) is 2.56. The van der Waals surface area contributed by atoms with Crippen LogP contribution in [-0.4, -0.2) is 23.3 Å². The molecule has 0 saturated heterocycles. The van der Waals surface area contributed by atoms with Crippen LogP contribution in [0.5, 0.6) is 0 Å². The van der Waals surface area contributed by atoms with Gasteiger partial charge in [-0.1, -0.05) is 41.9 Å². The molecule has 5 heteroatoms. The van der Waals surface area contributed by atoms with E-state index in [1.807, 2.05) is 18.2 Å². The Balaban J connectivity index is 1.68. The first-order valence-electron chi connectivity index (χ1n) is 7.06. The second-order valence-electron chi connectivity index (χ2n) is 5.21. The Kier molecular flexibility index (Phi) is 4.11. The molecule has 2 amide bonds. The maximum absolute atomic E-state index is 12.3. The molecule has 0 spiro atoms. The number of nitrogens with zero attached hydrogens (tertiary/aromatic N) is 1. The predicted octanol–water partition coefficient (Wildman–Crippen LogP) is 2.86. The Morgan fingerprint density at radius 1 is 1.05 bits per heavy atom. The number of hydrogen-bond donors (Lipinski definition) is 1. The summed E-state index contributed by atoms with van der Waals surface area (Å²) in [5.41, 5.74) is 2.85. The summed E-state index contributed by atoms with van der Waals surface area (Å²) in [5, 5.41) is 3.10. The number of hydrogen-bond acceptors (Lipinski definition) is 2. The highest BCUT2D eigenvalue weighted by Gasteiger charge is 2.25. The Morgan fingerprint density at radius 2 is 1.82 bits per heavy atom. The van der Waals surface area contributed by atoms with E-state index < -0.39 is 11.8 Å². The number of anilines is 1. The zero-order chi connectivity index (χ0) is 15.5. The average Bonchev–Trinajstić information content (AvgIpc) is 2.53. The highest BCUT2D eigenvalue weighted by Crippen LogP contribution is 2.19. The van der Waals surface area contributed by atoms with Crippen molar-refractivity contribution < 1.29 is 9.59 Å². The minimum Gasteiger partial charge on any atom is -0.330 e. The SMILES string of the molecule is O=C(Nc1cccc(Cl)c1)C(=O)N1CCc2ccccc2C1. The van der Waals surface area contributed by atoms with Gasteiger partial charge in [0, 0.05) is 23.8 Å². The van der Waals surface area contributed by atoms with Crippen LogP contribution < -0.4 is 5.32 Å². The molecule has 1 aliphatic heterocycles. The molecule has 22 heavy (non-hydrogen) atoms. The van der Waals surface area contributed by atoms with Crippen molar-refractivity contribution >= 4 is 29.1 Å². The van der Waals surface area contributed by atoms with Gasteiger partial charge in [0.2, 0.25) is 0 Å². The van der Waals surface area contributed by atoms with Crippen molar-refractivity contribution in [1.82, 2.24) is 4.90 Å².